The molecular weight excluding hydrogens is 236 g/mol. The molecule has 0 N–H and O–H groups in total. The Labute approximate surface area is 117 Å². The van der Waals surface area contributed by atoms with Crippen LogP contribution in [0.1, 0.15) is 72.1 Å². The lowest BCUT2D eigenvalue weighted by atomic mass is 9.64. The van der Waals surface area contributed by atoms with Crippen molar-refractivity contribution in [3.63, 3.8) is 0 Å². The Morgan fingerprint density at radius 1 is 1.16 bits per heavy atom. The second-order valence-electron chi connectivity index (χ2n) is 7.41. The SMILES string of the molecule is C=C(C)C(=O)OC1(C2CCCC2)CCCC(C)(C)C1. The van der Waals surface area contributed by atoms with Gasteiger partial charge in [0.1, 0.15) is 5.60 Å². The molecule has 0 aliphatic heterocycles. The molecule has 19 heavy (non-hydrogen) atoms. The molecule has 1 unspecified atom stereocenters. The highest BCUT2D eigenvalue weighted by Gasteiger charge is 2.48. The van der Waals surface area contributed by atoms with Crippen LogP contribution in [0.25, 0.3) is 0 Å². The minimum Gasteiger partial charge on any atom is -0.455 e. The highest BCUT2D eigenvalue weighted by molar-refractivity contribution is 5.87. The van der Waals surface area contributed by atoms with E-state index in [4.69, 9.17) is 4.74 Å². The zero-order valence-corrected chi connectivity index (χ0v) is 12.8. The number of esters is 1. The highest BCUT2D eigenvalue weighted by atomic mass is 16.6. The third-order valence-corrected chi connectivity index (χ3v) is 4.97. The number of rotatable bonds is 3. The zero-order chi connectivity index (χ0) is 14.1. The minimum atomic E-state index is -0.214. The summed E-state index contributed by atoms with van der Waals surface area (Å²) in [5, 5.41) is 0. The Bertz CT molecular complexity index is 363. The van der Waals surface area contributed by atoms with Gasteiger partial charge < -0.3 is 4.74 Å². The van der Waals surface area contributed by atoms with Gasteiger partial charge in [0.05, 0.1) is 0 Å². The molecule has 1 atom stereocenters. The zero-order valence-electron chi connectivity index (χ0n) is 12.8. The summed E-state index contributed by atoms with van der Waals surface area (Å²) in [6, 6.07) is 0. The topological polar surface area (TPSA) is 26.3 Å². The lowest BCUT2D eigenvalue weighted by Crippen LogP contribution is -2.48. The van der Waals surface area contributed by atoms with Gasteiger partial charge in [-0.15, -0.1) is 0 Å². The molecule has 0 radical (unpaired) electrons. The molecule has 0 aromatic carbocycles. The van der Waals surface area contributed by atoms with Crippen molar-refractivity contribution >= 4 is 5.97 Å². The lowest BCUT2D eigenvalue weighted by Gasteiger charge is -2.47. The molecule has 0 aromatic heterocycles. The van der Waals surface area contributed by atoms with Crippen LogP contribution in [0, 0.1) is 11.3 Å². The van der Waals surface area contributed by atoms with Gasteiger partial charge >= 0.3 is 5.97 Å². The molecular formula is C17H28O2. The monoisotopic (exact) mass is 264 g/mol. The summed E-state index contributed by atoms with van der Waals surface area (Å²) in [6.07, 6.45) is 9.50. The van der Waals surface area contributed by atoms with Crippen LogP contribution in [-0.4, -0.2) is 11.6 Å². The van der Waals surface area contributed by atoms with Gasteiger partial charge in [0.2, 0.25) is 0 Å². The van der Waals surface area contributed by atoms with E-state index >= 15 is 0 Å². The molecule has 0 heterocycles. The molecule has 0 aromatic rings. The Balaban J connectivity index is 2.21. The van der Waals surface area contributed by atoms with Crippen LogP contribution in [0.4, 0.5) is 0 Å². The van der Waals surface area contributed by atoms with E-state index in [2.05, 4.69) is 20.4 Å². The third-order valence-electron chi connectivity index (χ3n) is 4.97. The summed E-state index contributed by atoms with van der Waals surface area (Å²) in [6.45, 7) is 10.1. The number of carbonyl (C=O) groups excluding carboxylic acids is 1. The van der Waals surface area contributed by atoms with Crippen molar-refractivity contribution < 1.29 is 9.53 Å². The maximum Gasteiger partial charge on any atom is 0.333 e. The molecule has 2 heteroatoms. The normalized spacial score (nSPS) is 31.1. The van der Waals surface area contributed by atoms with E-state index in [1.54, 1.807) is 6.92 Å². The Morgan fingerprint density at radius 2 is 1.79 bits per heavy atom. The first-order valence-corrected chi connectivity index (χ1v) is 7.74. The molecule has 108 valence electrons. The molecule has 2 aliphatic carbocycles. The van der Waals surface area contributed by atoms with Gasteiger partial charge in [0.25, 0.3) is 0 Å². The van der Waals surface area contributed by atoms with Gasteiger partial charge in [-0.05, 0) is 56.8 Å². The summed E-state index contributed by atoms with van der Waals surface area (Å²) in [7, 11) is 0. The van der Waals surface area contributed by atoms with Gasteiger partial charge in [-0.1, -0.05) is 33.3 Å². The fraction of sp³-hybridized carbons (Fsp3) is 0.824. The van der Waals surface area contributed by atoms with Crippen LogP contribution in [0.3, 0.4) is 0 Å². The van der Waals surface area contributed by atoms with Gasteiger partial charge in [0, 0.05) is 5.57 Å². The first-order valence-electron chi connectivity index (χ1n) is 7.74. The van der Waals surface area contributed by atoms with Crippen molar-refractivity contribution in [3.05, 3.63) is 12.2 Å². The third kappa shape index (κ3) is 3.21. The largest absolute Gasteiger partial charge is 0.455 e. The molecule has 2 fully saturated rings. The average Bonchev–Trinajstić information content (AvgIpc) is 2.81. The summed E-state index contributed by atoms with van der Waals surface area (Å²) in [4.78, 5) is 12.1. The number of ether oxygens (including phenoxy) is 1. The van der Waals surface area contributed by atoms with Gasteiger partial charge in [-0.3, -0.25) is 0 Å². The molecule has 2 aliphatic rings. The number of carbonyl (C=O) groups is 1. The summed E-state index contributed by atoms with van der Waals surface area (Å²) >= 11 is 0. The second-order valence-corrected chi connectivity index (χ2v) is 7.41. The van der Waals surface area contributed by atoms with Gasteiger partial charge in [0.15, 0.2) is 0 Å². The van der Waals surface area contributed by atoms with Crippen molar-refractivity contribution in [1.82, 2.24) is 0 Å². The molecule has 2 nitrogen and oxygen atoms in total. The fourth-order valence-corrected chi connectivity index (χ4v) is 4.10. The fourth-order valence-electron chi connectivity index (χ4n) is 4.10. The molecule has 0 amide bonds. The van der Waals surface area contributed by atoms with E-state index in [1.807, 2.05) is 0 Å². The molecule has 2 rings (SSSR count). The molecule has 0 bridgehead atoms. The summed E-state index contributed by atoms with van der Waals surface area (Å²) in [5.41, 5.74) is 0.602. The standard InChI is InChI=1S/C17H28O2/c1-13(2)15(18)19-17(14-8-5-6-9-14)11-7-10-16(3,4)12-17/h14H,1,5-12H2,2-4H3. The lowest BCUT2D eigenvalue weighted by molar-refractivity contribution is -0.172. The second kappa shape index (κ2) is 5.30. The highest BCUT2D eigenvalue weighted by Crippen LogP contribution is 2.51. The predicted molar refractivity (Wildman–Crippen MR) is 77.8 cm³/mol. The van der Waals surface area contributed by atoms with Crippen LogP contribution < -0.4 is 0 Å². The number of hydrogen-bond acceptors (Lipinski definition) is 2. The Morgan fingerprint density at radius 3 is 2.32 bits per heavy atom. The van der Waals surface area contributed by atoms with Crippen LogP contribution in [0.15, 0.2) is 12.2 Å². The minimum absolute atomic E-state index is 0.190. The van der Waals surface area contributed by atoms with Crippen molar-refractivity contribution in [1.29, 1.82) is 0 Å². The molecule has 0 spiro atoms. The Hall–Kier alpha value is -0.790. The Kier molecular flexibility index (Phi) is 4.08. The quantitative estimate of drug-likeness (QED) is 0.548. The van der Waals surface area contributed by atoms with Crippen LogP contribution in [0.2, 0.25) is 0 Å². The predicted octanol–water partition coefficient (Wildman–Crippen LogP) is 4.63. The van der Waals surface area contributed by atoms with E-state index in [-0.39, 0.29) is 17.0 Å². The van der Waals surface area contributed by atoms with Crippen molar-refractivity contribution in [2.24, 2.45) is 11.3 Å². The molecule has 0 saturated heterocycles. The first kappa shape index (κ1) is 14.6. The maximum atomic E-state index is 12.1. The van der Waals surface area contributed by atoms with Gasteiger partial charge in [-0.2, -0.15) is 0 Å². The maximum absolute atomic E-state index is 12.1. The van der Waals surface area contributed by atoms with E-state index in [9.17, 15) is 4.79 Å². The van der Waals surface area contributed by atoms with Gasteiger partial charge in [-0.25, -0.2) is 4.79 Å². The van der Waals surface area contributed by atoms with E-state index < -0.39 is 0 Å². The summed E-state index contributed by atoms with van der Waals surface area (Å²) in [5.74, 6) is 0.375. The van der Waals surface area contributed by atoms with Crippen molar-refractivity contribution in [2.75, 3.05) is 0 Å². The van der Waals surface area contributed by atoms with Crippen LogP contribution in [-0.2, 0) is 9.53 Å². The smallest absolute Gasteiger partial charge is 0.333 e. The average molecular weight is 264 g/mol. The van der Waals surface area contributed by atoms with E-state index in [0.29, 0.717) is 11.5 Å². The first-order chi connectivity index (χ1) is 8.85. The van der Waals surface area contributed by atoms with E-state index in [1.165, 1.54) is 38.5 Å². The number of hydrogen-bond donors (Lipinski definition) is 0. The summed E-state index contributed by atoms with van der Waals surface area (Å²) < 4.78 is 6.02. The van der Waals surface area contributed by atoms with Crippen LogP contribution >= 0.6 is 0 Å². The molecule has 2 saturated carbocycles. The van der Waals surface area contributed by atoms with Crippen LogP contribution in [0.5, 0.6) is 0 Å². The van der Waals surface area contributed by atoms with Crippen molar-refractivity contribution in [2.45, 2.75) is 77.7 Å². The van der Waals surface area contributed by atoms with E-state index in [0.717, 1.165) is 12.8 Å². The van der Waals surface area contributed by atoms with Crippen molar-refractivity contribution in [3.8, 4) is 0 Å².